The van der Waals surface area contributed by atoms with Crippen LogP contribution >= 0.6 is 12.6 Å². The Morgan fingerprint density at radius 2 is 1.69 bits per heavy atom. The van der Waals surface area contributed by atoms with Crippen LogP contribution in [0.5, 0.6) is 0 Å². The van der Waals surface area contributed by atoms with Crippen LogP contribution in [0.4, 0.5) is 0 Å². The van der Waals surface area contributed by atoms with Crippen molar-refractivity contribution in [2.75, 3.05) is 19.0 Å². The number of ether oxygens (including phenoxy) is 1. The lowest BCUT2D eigenvalue weighted by molar-refractivity contribution is 0.0515. The van der Waals surface area contributed by atoms with E-state index in [0.29, 0.717) is 17.3 Å². The van der Waals surface area contributed by atoms with Crippen LogP contribution < -0.4 is 0 Å². The molecule has 0 aliphatic rings. The summed E-state index contributed by atoms with van der Waals surface area (Å²) in [6.45, 7) is 12.8. The molecule has 0 spiro atoms. The van der Waals surface area contributed by atoms with E-state index in [1.807, 2.05) is 0 Å². The third-order valence-corrected chi connectivity index (χ3v) is 2.66. The van der Waals surface area contributed by atoms with E-state index in [0.717, 1.165) is 19.0 Å². The maximum absolute atomic E-state index is 5.63. The van der Waals surface area contributed by atoms with Crippen LogP contribution in [0.25, 0.3) is 0 Å². The molecule has 0 aliphatic carbocycles. The van der Waals surface area contributed by atoms with Gasteiger partial charge < -0.3 is 4.74 Å². The lowest BCUT2D eigenvalue weighted by Crippen LogP contribution is -2.27. The zero-order chi connectivity index (χ0) is 10.5. The van der Waals surface area contributed by atoms with Gasteiger partial charge in [-0.15, -0.1) is 0 Å². The molecule has 0 radical (unpaired) electrons. The van der Waals surface area contributed by atoms with Crippen molar-refractivity contribution in [3.05, 3.63) is 0 Å². The Balaban J connectivity index is 3.73. The standard InChI is InChI=1S/C11H24OS/c1-9(2)6-12-7-10(8-13)11(3,4)5/h9-10,13H,6-8H2,1-5H3. The predicted molar refractivity (Wildman–Crippen MR) is 62.5 cm³/mol. The van der Waals surface area contributed by atoms with E-state index in [2.05, 4.69) is 47.2 Å². The summed E-state index contributed by atoms with van der Waals surface area (Å²) in [7, 11) is 0. The Morgan fingerprint density at radius 1 is 1.15 bits per heavy atom. The molecule has 0 bridgehead atoms. The first-order valence-electron chi connectivity index (χ1n) is 5.06. The van der Waals surface area contributed by atoms with E-state index in [9.17, 15) is 0 Å². The molecule has 1 unspecified atom stereocenters. The van der Waals surface area contributed by atoms with Gasteiger partial charge in [-0.1, -0.05) is 34.6 Å². The second-order valence-corrected chi connectivity index (χ2v) is 5.54. The SMILES string of the molecule is CC(C)COCC(CS)C(C)(C)C. The maximum atomic E-state index is 5.63. The molecular weight excluding hydrogens is 180 g/mol. The summed E-state index contributed by atoms with van der Waals surface area (Å²) in [6.07, 6.45) is 0. The van der Waals surface area contributed by atoms with E-state index in [1.54, 1.807) is 0 Å². The Kier molecular flexibility index (Phi) is 6.06. The molecule has 1 nitrogen and oxygen atoms in total. The second kappa shape index (κ2) is 5.92. The molecule has 0 N–H and O–H groups in total. The van der Waals surface area contributed by atoms with Crippen LogP contribution in [0.15, 0.2) is 0 Å². The average Bonchev–Trinajstić information content (AvgIpc) is 1.95. The summed E-state index contributed by atoms with van der Waals surface area (Å²) in [4.78, 5) is 0. The first-order valence-corrected chi connectivity index (χ1v) is 5.69. The van der Waals surface area contributed by atoms with Gasteiger partial charge in [0.15, 0.2) is 0 Å². The van der Waals surface area contributed by atoms with Gasteiger partial charge in [0.1, 0.15) is 0 Å². The van der Waals surface area contributed by atoms with Gasteiger partial charge in [-0.2, -0.15) is 12.6 Å². The van der Waals surface area contributed by atoms with E-state index < -0.39 is 0 Å². The number of thiol groups is 1. The third-order valence-electron chi connectivity index (χ3n) is 2.22. The fourth-order valence-corrected chi connectivity index (χ4v) is 1.68. The first-order chi connectivity index (χ1) is 5.88. The van der Waals surface area contributed by atoms with E-state index >= 15 is 0 Å². The van der Waals surface area contributed by atoms with Crippen molar-refractivity contribution in [3.63, 3.8) is 0 Å². The monoisotopic (exact) mass is 204 g/mol. The minimum absolute atomic E-state index is 0.304. The molecule has 0 saturated heterocycles. The van der Waals surface area contributed by atoms with Crippen molar-refractivity contribution in [2.24, 2.45) is 17.3 Å². The average molecular weight is 204 g/mol. The lowest BCUT2D eigenvalue weighted by atomic mass is 9.82. The van der Waals surface area contributed by atoms with Crippen LogP contribution in [0.1, 0.15) is 34.6 Å². The van der Waals surface area contributed by atoms with Gasteiger partial charge in [-0.25, -0.2) is 0 Å². The summed E-state index contributed by atoms with van der Waals surface area (Å²) in [5, 5.41) is 0. The molecule has 0 saturated carbocycles. The number of hydrogen-bond acceptors (Lipinski definition) is 2. The summed E-state index contributed by atoms with van der Waals surface area (Å²) >= 11 is 4.35. The molecule has 0 aromatic rings. The van der Waals surface area contributed by atoms with Crippen molar-refractivity contribution in [2.45, 2.75) is 34.6 Å². The Labute approximate surface area is 88.7 Å². The molecular formula is C11H24OS. The van der Waals surface area contributed by atoms with E-state index in [-0.39, 0.29) is 0 Å². The highest BCUT2D eigenvalue weighted by Gasteiger charge is 2.23. The Bertz CT molecular complexity index is 127. The largest absolute Gasteiger partial charge is 0.381 e. The van der Waals surface area contributed by atoms with Crippen molar-refractivity contribution in [3.8, 4) is 0 Å². The fraction of sp³-hybridized carbons (Fsp3) is 1.00. The molecule has 0 aromatic heterocycles. The highest BCUT2D eigenvalue weighted by molar-refractivity contribution is 7.80. The summed E-state index contributed by atoms with van der Waals surface area (Å²) in [6, 6.07) is 0. The minimum Gasteiger partial charge on any atom is -0.381 e. The molecule has 0 fully saturated rings. The zero-order valence-corrected chi connectivity index (χ0v) is 10.5. The van der Waals surface area contributed by atoms with Gasteiger partial charge >= 0.3 is 0 Å². The van der Waals surface area contributed by atoms with Crippen LogP contribution in [-0.2, 0) is 4.74 Å². The summed E-state index contributed by atoms with van der Waals surface area (Å²) in [5.74, 6) is 2.08. The lowest BCUT2D eigenvalue weighted by Gasteiger charge is -2.29. The van der Waals surface area contributed by atoms with Crippen molar-refractivity contribution in [1.82, 2.24) is 0 Å². The van der Waals surface area contributed by atoms with Gasteiger partial charge in [0.2, 0.25) is 0 Å². The molecule has 80 valence electrons. The third kappa shape index (κ3) is 6.39. The molecule has 2 heteroatoms. The van der Waals surface area contributed by atoms with Crippen molar-refractivity contribution in [1.29, 1.82) is 0 Å². The number of rotatable bonds is 5. The van der Waals surface area contributed by atoms with E-state index in [1.165, 1.54) is 0 Å². The van der Waals surface area contributed by atoms with Gasteiger partial charge in [-0.3, -0.25) is 0 Å². The zero-order valence-electron chi connectivity index (χ0n) is 9.63. The van der Waals surface area contributed by atoms with Gasteiger partial charge in [0.25, 0.3) is 0 Å². The second-order valence-electron chi connectivity index (χ2n) is 5.18. The van der Waals surface area contributed by atoms with Crippen LogP contribution in [0.2, 0.25) is 0 Å². The van der Waals surface area contributed by atoms with Gasteiger partial charge in [-0.05, 0) is 23.0 Å². The molecule has 0 amide bonds. The minimum atomic E-state index is 0.304. The van der Waals surface area contributed by atoms with Crippen LogP contribution in [0, 0.1) is 17.3 Å². The molecule has 0 rings (SSSR count). The normalized spacial score (nSPS) is 15.0. The molecule has 13 heavy (non-hydrogen) atoms. The van der Waals surface area contributed by atoms with Crippen molar-refractivity contribution >= 4 is 12.6 Å². The van der Waals surface area contributed by atoms with Crippen molar-refractivity contribution < 1.29 is 4.74 Å². The van der Waals surface area contributed by atoms with Gasteiger partial charge in [0.05, 0.1) is 6.61 Å². The first kappa shape index (κ1) is 13.3. The fourth-order valence-electron chi connectivity index (χ4n) is 1.02. The highest BCUT2D eigenvalue weighted by Crippen LogP contribution is 2.27. The van der Waals surface area contributed by atoms with E-state index in [4.69, 9.17) is 4.74 Å². The molecule has 0 aliphatic heterocycles. The summed E-state index contributed by atoms with van der Waals surface area (Å²) < 4.78 is 5.63. The number of hydrogen-bond donors (Lipinski definition) is 1. The smallest absolute Gasteiger partial charge is 0.0507 e. The van der Waals surface area contributed by atoms with Gasteiger partial charge in [0, 0.05) is 6.61 Å². The van der Waals surface area contributed by atoms with Crippen LogP contribution in [0.3, 0.4) is 0 Å². The maximum Gasteiger partial charge on any atom is 0.0507 e. The van der Waals surface area contributed by atoms with Crippen LogP contribution in [-0.4, -0.2) is 19.0 Å². The summed E-state index contributed by atoms with van der Waals surface area (Å²) in [5.41, 5.74) is 0.304. The Morgan fingerprint density at radius 3 is 2.00 bits per heavy atom. The predicted octanol–water partition coefficient (Wildman–Crippen LogP) is 3.25. The highest BCUT2D eigenvalue weighted by atomic mass is 32.1. The topological polar surface area (TPSA) is 9.23 Å². The quantitative estimate of drug-likeness (QED) is 0.676. The molecule has 0 heterocycles. The molecule has 0 aromatic carbocycles. The molecule has 1 atom stereocenters. The Hall–Kier alpha value is 0.310.